The second kappa shape index (κ2) is 7.08. The molecule has 0 heterocycles. The predicted molar refractivity (Wildman–Crippen MR) is 79.2 cm³/mol. The van der Waals surface area contributed by atoms with Gasteiger partial charge in [0.1, 0.15) is 0 Å². The van der Waals surface area contributed by atoms with Crippen LogP contribution < -0.4 is 0 Å². The van der Waals surface area contributed by atoms with Crippen molar-refractivity contribution in [3.05, 3.63) is 97.1 Å². The van der Waals surface area contributed by atoms with Gasteiger partial charge in [-0.2, -0.15) is 0 Å². The van der Waals surface area contributed by atoms with Crippen LogP contribution in [0.25, 0.3) is 10.8 Å². The van der Waals surface area contributed by atoms with Crippen molar-refractivity contribution in [2.75, 3.05) is 0 Å². The Kier molecular flexibility index (Phi) is 4.77. The minimum atomic E-state index is 1.20. The first-order valence-electron chi connectivity index (χ1n) is 6.07. The molecule has 2 aromatic carbocycles. The van der Waals surface area contributed by atoms with E-state index in [1.54, 1.807) is 0 Å². The zero-order chi connectivity index (χ0) is 12.5. The van der Waals surface area contributed by atoms with Crippen LogP contribution in [0.5, 0.6) is 0 Å². The molecule has 0 aliphatic carbocycles. The van der Waals surface area contributed by atoms with Crippen LogP contribution in [0.3, 0.4) is 0 Å². The second-order valence-electron chi connectivity index (χ2n) is 3.89. The van der Waals surface area contributed by atoms with Crippen molar-refractivity contribution >= 4 is 10.8 Å². The Balaban J connectivity index is 2.82. The van der Waals surface area contributed by atoms with Crippen LogP contribution in [-0.2, 0) is 0 Å². The lowest BCUT2D eigenvalue weighted by atomic mass is 10.2. The number of hydrogen-bond donors (Lipinski definition) is 0. The summed E-state index contributed by atoms with van der Waals surface area (Å²) in [5.74, 6) is 0. The number of rotatable bonds is 0. The normalized spacial score (nSPS) is 9.11. The maximum absolute atomic E-state index is 2.12. The summed E-state index contributed by atoms with van der Waals surface area (Å²) >= 11 is 0. The van der Waals surface area contributed by atoms with Crippen molar-refractivity contribution in [3.8, 4) is 0 Å². The Bertz CT molecular complexity index is 504. The third-order valence-corrected chi connectivity index (χ3v) is 2.55. The van der Waals surface area contributed by atoms with Gasteiger partial charge < -0.3 is 0 Å². The summed E-state index contributed by atoms with van der Waals surface area (Å²) in [6.45, 7) is 0. The van der Waals surface area contributed by atoms with Gasteiger partial charge in [0.15, 0.2) is 0 Å². The van der Waals surface area contributed by atoms with E-state index in [0.717, 1.165) is 0 Å². The van der Waals surface area contributed by atoms with Crippen molar-refractivity contribution in [1.29, 1.82) is 0 Å². The molecule has 2 rings (SSSR count). The summed E-state index contributed by atoms with van der Waals surface area (Å²) < 4.78 is 0. The molecule has 0 spiro atoms. The maximum atomic E-state index is 2.12. The summed E-state index contributed by atoms with van der Waals surface area (Å²) in [5, 5.41) is 2.39. The van der Waals surface area contributed by atoms with E-state index >= 15 is 0 Å². The fourth-order valence-corrected chi connectivity index (χ4v) is 1.65. The molecule has 0 atom stereocenters. The molecule has 0 heteroatoms. The number of fused-ring (bicyclic) bond motifs is 1. The van der Waals surface area contributed by atoms with Crippen molar-refractivity contribution in [2.24, 2.45) is 0 Å². The van der Waals surface area contributed by atoms with Crippen LogP contribution in [0.15, 0.2) is 97.1 Å². The third kappa shape index (κ3) is 3.91. The highest BCUT2D eigenvalue weighted by Crippen LogP contribution is 2.07. The molecular weight excluding hydrogens is 216 g/mol. The molecule has 0 saturated heterocycles. The summed E-state index contributed by atoms with van der Waals surface area (Å²) in [4.78, 5) is 0. The van der Waals surface area contributed by atoms with Gasteiger partial charge in [0.05, 0.1) is 0 Å². The standard InChI is InChI=1S/C18H16/c1-2-6-10-14-18-16-12-8-4-3-7-11-15-17(18)13-9-5-1/h1-16H. The van der Waals surface area contributed by atoms with Gasteiger partial charge in [0.2, 0.25) is 0 Å². The quantitative estimate of drug-likeness (QED) is 0.593. The molecule has 0 radical (unpaired) electrons. The Hall–Kier alpha value is -2.34. The Morgan fingerprint density at radius 2 is 0.500 bits per heavy atom. The zero-order valence-electron chi connectivity index (χ0n) is 10.2. The van der Waals surface area contributed by atoms with Crippen LogP contribution >= 0.6 is 0 Å². The van der Waals surface area contributed by atoms with E-state index in [2.05, 4.69) is 48.5 Å². The van der Waals surface area contributed by atoms with Crippen molar-refractivity contribution in [1.82, 2.24) is 0 Å². The molecule has 18 heavy (non-hydrogen) atoms. The summed E-state index contributed by atoms with van der Waals surface area (Å²) in [5.41, 5.74) is 0. The molecule has 0 N–H and O–H groups in total. The highest BCUT2D eigenvalue weighted by molar-refractivity contribution is 5.79. The molecule has 2 aromatic rings. The molecule has 0 aliphatic rings. The van der Waals surface area contributed by atoms with E-state index in [0.29, 0.717) is 0 Å². The first-order valence-corrected chi connectivity index (χ1v) is 6.07. The lowest BCUT2D eigenvalue weighted by Gasteiger charge is -1.87. The van der Waals surface area contributed by atoms with Gasteiger partial charge in [0, 0.05) is 0 Å². The van der Waals surface area contributed by atoms with Crippen LogP contribution in [0.1, 0.15) is 0 Å². The van der Waals surface area contributed by atoms with Gasteiger partial charge in [-0.3, -0.25) is 0 Å². The molecule has 88 valence electrons. The lowest BCUT2D eigenvalue weighted by molar-refractivity contribution is 1.74. The van der Waals surface area contributed by atoms with Crippen molar-refractivity contribution < 1.29 is 0 Å². The van der Waals surface area contributed by atoms with Gasteiger partial charge >= 0.3 is 0 Å². The fourth-order valence-electron chi connectivity index (χ4n) is 1.65. The molecule has 0 aromatic heterocycles. The van der Waals surface area contributed by atoms with Crippen LogP contribution in [0.2, 0.25) is 0 Å². The molecule has 0 amide bonds. The summed E-state index contributed by atoms with van der Waals surface area (Å²) in [7, 11) is 0. The van der Waals surface area contributed by atoms with Gasteiger partial charge in [-0.15, -0.1) is 0 Å². The SMILES string of the molecule is c1ccccc2ccccccccc2ccc1. The largest absolute Gasteiger partial charge is 0.0623 e. The van der Waals surface area contributed by atoms with E-state index in [1.807, 2.05) is 48.5 Å². The first-order chi connectivity index (χ1) is 8.97. The highest BCUT2D eigenvalue weighted by Gasteiger charge is 1.80. The van der Waals surface area contributed by atoms with E-state index < -0.39 is 0 Å². The Labute approximate surface area is 108 Å². The zero-order valence-corrected chi connectivity index (χ0v) is 10.2. The van der Waals surface area contributed by atoms with E-state index in [4.69, 9.17) is 0 Å². The lowest BCUT2D eigenvalue weighted by Crippen LogP contribution is -1.62. The Morgan fingerprint density at radius 3 is 0.778 bits per heavy atom. The minimum absolute atomic E-state index is 1.20. The monoisotopic (exact) mass is 232 g/mol. The molecule has 0 nitrogen and oxygen atoms in total. The Morgan fingerprint density at radius 1 is 0.278 bits per heavy atom. The van der Waals surface area contributed by atoms with Gasteiger partial charge in [-0.05, 0) is 10.8 Å². The smallest absolute Gasteiger partial charge is 0.0184 e. The molecule has 0 fully saturated rings. The predicted octanol–water partition coefficient (Wildman–Crippen LogP) is 5.09. The van der Waals surface area contributed by atoms with E-state index in [-0.39, 0.29) is 0 Å². The van der Waals surface area contributed by atoms with Crippen LogP contribution in [-0.4, -0.2) is 0 Å². The average molecular weight is 232 g/mol. The van der Waals surface area contributed by atoms with Gasteiger partial charge in [-0.25, -0.2) is 0 Å². The summed E-state index contributed by atoms with van der Waals surface area (Å²) in [6.07, 6.45) is 0. The van der Waals surface area contributed by atoms with Crippen molar-refractivity contribution in [2.45, 2.75) is 0 Å². The van der Waals surface area contributed by atoms with Crippen LogP contribution in [0, 0.1) is 0 Å². The topological polar surface area (TPSA) is 0 Å². The van der Waals surface area contributed by atoms with Crippen molar-refractivity contribution in [3.63, 3.8) is 0 Å². The maximum Gasteiger partial charge on any atom is -0.0184 e. The molecule has 0 bridgehead atoms. The number of hydrogen-bond acceptors (Lipinski definition) is 0. The molecule has 0 aliphatic heterocycles. The summed E-state index contributed by atoms with van der Waals surface area (Å²) in [6, 6.07) is 32.9. The highest BCUT2D eigenvalue weighted by atomic mass is 13.9. The van der Waals surface area contributed by atoms with Gasteiger partial charge in [0.25, 0.3) is 0 Å². The average Bonchev–Trinajstić information content (AvgIpc) is 2.41. The molecule has 0 unspecified atom stereocenters. The van der Waals surface area contributed by atoms with Gasteiger partial charge in [-0.1, -0.05) is 97.1 Å². The second-order valence-corrected chi connectivity index (χ2v) is 3.89. The van der Waals surface area contributed by atoms with Crippen LogP contribution in [0.4, 0.5) is 0 Å². The van der Waals surface area contributed by atoms with E-state index in [1.165, 1.54) is 10.8 Å². The van der Waals surface area contributed by atoms with E-state index in [9.17, 15) is 0 Å². The molecule has 0 saturated carbocycles. The minimum Gasteiger partial charge on any atom is -0.0623 e. The fraction of sp³-hybridized carbons (Fsp3) is 0. The first kappa shape index (κ1) is 12.1. The molecular formula is C18H16. The third-order valence-electron chi connectivity index (χ3n) is 2.55.